The van der Waals surface area contributed by atoms with E-state index in [1.54, 1.807) is 42.3 Å². The van der Waals surface area contributed by atoms with Gasteiger partial charge in [0.25, 0.3) is 0 Å². The van der Waals surface area contributed by atoms with Crippen molar-refractivity contribution in [3.8, 4) is 28.7 Å². The summed E-state index contributed by atoms with van der Waals surface area (Å²) in [6, 6.07) is 8.18. The van der Waals surface area contributed by atoms with Gasteiger partial charge in [0.1, 0.15) is 18.0 Å². The van der Waals surface area contributed by atoms with E-state index < -0.39 is 0 Å². The lowest BCUT2D eigenvalue weighted by atomic mass is 10.2. The molecule has 1 heterocycles. The number of benzene rings is 2. The van der Waals surface area contributed by atoms with Gasteiger partial charge in [-0.3, -0.25) is 9.69 Å². The summed E-state index contributed by atoms with van der Waals surface area (Å²) in [5.41, 5.74) is 1.05. The highest BCUT2D eigenvalue weighted by molar-refractivity contribution is 6.00. The molecule has 0 saturated carbocycles. The average molecular weight is 445 g/mol. The maximum absolute atomic E-state index is 13.0. The molecule has 3 rings (SSSR count). The number of hydrogen-bond donors (Lipinski definition) is 1. The Morgan fingerprint density at radius 3 is 2.09 bits per heavy atom. The van der Waals surface area contributed by atoms with Crippen molar-refractivity contribution in [1.82, 2.24) is 4.90 Å². The van der Waals surface area contributed by atoms with E-state index in [1.165, 1.54) is 33.3 Å². The maximum Gasteiger partial charge on any atom is 0.325 e. The summed E-state index contributed by atoms with van der Waals surface area (Å²) in [4.78, 5) is 28.6. The minimum Gasteiger partial charge on any atom is -0.497 e. The fourth-order valence-corrected chi connectivity index (χ4v) is 3.49. The van der Waals surface area contributed by atoms with E-state index >= 15 is 0 Å². The lowest BCUT2D eigenvalue weighted by Crippen LogP contribution is -2.37. The molecule has 1 aliphatic heterocycles. The molecular formula is C22H27N3O7. The molecule has 10 nitrogen and oxygen atoms in total. The van der Waals surface area contributed by atoms with E-state index in [9.17, 15) is 9.59 Å². The number of nitrogens with one attached hydrogen (secondary N) is 1. The Bertz CT molecular complexity index is 970. The second-order valence-corrected chi connectivity index (χ2v) is 6.86. The van der Waals surface area contributed by atoms with Gasteiger partial charge in [0, 0.05) is 37.0 Å². The van der Waals surface area contributed by atoms with Gasteiger partial charge in [-0.05, 0) is 12.1 Å². The molecule has 3 amide bonds. The van der Waals surface area contributed by atoms with Crippen LogP contribution in [0.4, 0.5) is 16.2 Å². The monoisotopic (exact) mass is 445 g/mol. The van der Waals surface area contributed by atoms with Gasteiger partial charge in [-0.1, -0.05) is 0 Å². The SMILES string of the molecule is COc1ccc(OC)c(N2CCN(CC(=O)Nc3cc(OC)c(OC)c(OC)c3)C2=O)c1. The number of urea groups is 1. The molecule has 0 atom stereocenters. The second-order valence-electron chi connectivity index (χ2n) is 6.86. The van der Waals surface area contributed by atoms with Crippen LogP contribution in [0.5, 0.6) is 28.7 Å². The number of amides is 3. The normalized spacial score (nSPS) is 13.1. The summed E-state index contributed by atoms with van der Waals surface area (Å²) >= 11 is 0. The molecule has 32 heavy (non-hydrogen) atoms. The molecule has 1 N–H and O–H groups in total. The van der Waals surface area contributed by atoms with Gasteiger partial charge in [0.05, 0.1) is 41.2 Å². The highest BCUT2D eigenvalue weighted by Gasteiger charge is 2.32. The molecule has 0 unspecified atom stereocenters. The van der Waals surface area contributed by atoms with Gasteiger partial charge in [-0.15, -0.1) is 0 Å². The molecule has 0 bridgehead atoms. The molecule has 0 spiro atoms. The summed E-state index contributed by atoms with van der Waals surface area (Å²) in [7, 11) is 7.58. The summed E-state index contributed by atoms with van der Waals surface area (Å²) in [6.45, 7) is 0.694. The van der Waals surface area contributed by atoms with Crippen LogP contribution < -0.4 is 33.9 Å². The van der Waals surface area contributed by atoms with Crippen molar-refractivity contribution in [2.45, 2.75) is 0 Å². The largest absolute Gasteiger partial charge is 0.497 e. The van der Waals surface area contributed by atoms with Gasteiger partial charge < -0.3 is 33.9 Å². The third-order valence-electron chi connectivity index (χ3n) is 5.05. The Labute approximate surface area is 186 Å². The molecule has 0 radical (unpaired) electrons. The molecule has 10 heteroatoms. The van der Waals surface area contributed by atoms with Crippen LogP contribution in [0.2, 0.25) is 0 Å². The number of methoxy groups -OCH3 is 5. The molecule has 2 aromatic carbocycles. The molecule has 2 aromatic rings. The van der Waals surface area contributed by atoms with E-state index in [0.29, 0.717) is 53.2 Å². The van der Waals surface area contributed by atoms with Crippen LogP contribution in [0.25, 0.3) is 0 Å². The predicted octanol–water partition coefficient (Wildman–Crippen LogP) is 2.61. The van der Waals surface area contributed by atoms with Crippen molar-refractivity contribution in [1.29, 1.82) is 0 Å². The molecule has 0 aromatic heterocycles. The maximum atomic E-state index is 13.0. The van der Waals surface area contributed by atoms with Crippen molar-refractivity contribution in [2.75, 3.05) is 65.4 Å². The lowest BCUT2D eigenvalue weighted by molar-refractivity contribution is -0.116. The predicted molar refractivity (Wildman–Crippen MR) is 119 cm³/mol. The standard InChI is InChI=1S/C22H27N3O7/c1-28-15-6-7-17(29-2)16(12-15)25-9-8-24(22(25)27)13-20(26)23-14-10-18(30-3)21(32-5)19(11-14)31-4/h6-7,10-12H,8-9,13H2,1-5H3,(H,23,26). The Hall–Kier alpha value is -3.82. The number of rotatable bonds is 9. The quantitative estimate of drug-likeness (QED) is 0.633. The molecule has 1 saturated heterocycles. The van der Waals surface area contributed by atoms with E-state index in [2.05, 4.69) is 5.32 Å². The van der Waals surface area contributed by atoms with Gasteiger partial charge in [-0.25, -0.2) is 4.79 Å². The summed E-state index contributed by atoms with van der Waals surface area (Å²) in [6.07, 6.45) is 0. The van der Waals surface area contributed by atoms with Crippen LogP contribution >= 0.6 is 0 Å². The minimum atomic E-state index is -0.355. The van der Waals surface area contributed by atoms with Crippen molar-refractivity contribution in [3.63, 3.8) is 0 Å². The topological polar surface area (TPSA) is 98.8 Å². The first-order valence-electron chi connectivity index (χ1n) is 9.84. The Morgan fingerprint density at radius 2 is 1.53 bits per heavy atom. The number of carbonyl (C=O) groups is 2. The van der Waals surface area contributed by atoms with Crippen molar-refractivity contribution < 1.29 is 33.3 Å². The Morgan fingerprint density at radius 1 is 0.875 bits per heavy atom. The minimum absolute atomic E-state index is 0.113. The third-order valence-corrected chi connectivity index (χ3v) is 5.05. The molecular weight excluding hydrogens is 418 g/mol. The van der Waals surface area contributed by atoms with Crippen LogP contribution in [0.1, 0.15) is 0 Å². The van der Waals surface area contributed by atoms with Crippen molar-refractivity contribution in [2.24, 2.45) is 0 Å². The van der Waals surface area contributed by atoms with Crippen LogP contribution in [0.15, 0.2) is 30.3 Å². The van der Waals surface area contributed by atoms with E-state index in [1.807, 2.05) is 0 Å². The summed E-state index contributed by atoms with van der Waals surface area (Å²) < 4.78 is 26.5. The average Bonchev–Trinajstić information content (AvgIpc) is 3.17. The highest BCUT2D eigenvalue weighted by atomic mass is 16.5. The zero-order valence-corrected chi connectivity index (χ0v) is 18.8. The first kappa shape index (κ1) is 22.9. The van der Waals surface area contributed by atoms with Gasteiger partial charge in [-0.2, -0.15) is 0 Å². The van der Waals surface area contributed by atoms with E-state index in [-0.39, 0.29) is 18.5 Å². The molecule has 1 aliphatic rings. The lowest BCUT2D eigenvalue weighted by Gasteiger charge is -2.21. The number of hydrogen-bond acceptors (Lipinski definition) is 7. The smallest absolute Gasteiger partial charge is 0.325 e. The number of ether oxygens (including phenoxy) is 5. The Kier molecular flexibility index (Phi) is 7.14. The first-order chi connectivity index (χ1) is 15.4. The second kappa shape index (κ2) is 9.99. The fourth-order valence-electron chi connectivity index (χ4n) is 3.49. The van der Waals surface area contributed by atoms with Crippen LogP contribution in [-0.4, -0.2) is 72.0 Å². The van der Waals surface area contributed by atoms with Crippen molar-refractivity contribution >= 4 is 23.3 Å². The molecule has 172 valence electrons. The summed E-state index contributed by atoms with van der Waals surface area (Å²) in [5, 5.41) is 2.77. The van der Waals surface area contributed by atoms with Crippen molar-refractivity contribution in [3.05, 3.63) is 30.3 Å². The molecule has 1 fully saturated rings. The first-order valence-corrected chi connectivity index (χ1v) is 9.84. The van der Waals surface area contributed by atoms with Gasteiger partial charge >= 0.3 is 6.03 Å². The summed E-state index contributed by atoms with van der Waals surface area (Å²) in [5.74, 6) is 2.04. The van der Waals surface area contributed by atoms with E-state index in [4.69, 9.17) is 23.7 Å². The Balaban J connectivity index is 1.72. The third kappa shape index (κ3) is 4.58. The highest BCUT2D eigenvalue weighted by Crippen LogP contribution is 2.40. The van der Waals surface area contributed by atoms with E-state index in [0.717, 1.165) is 0 Å². The zero-order chi connectivity index (χ0) is 23.3. The van der Waals surface area contributed by atoms with Crippen LogP contribution in [0, 0.1) is 0 Å². The fraction of sp³-hybridized carbons (Fsp3) is 0.364. The zero-order valence-electron chi connectivity index (χ0n) is 18.8. The number of anilines is 2. The van der Waals surface area contributed by atoms with Crippen LogP contribution in [0.3, 0.4) is 0 Å². The van der Waals surface area contributed by atoms with Gasteiger partial charge in [0.2, 0.25) is 11.7 Å². The van der Waals surface area contributed by atoms with Crippen LogP contribution in [-0.2, 0) is 4.79 Å². The molecule has 0 aliphatic carbocycles. The number of nitrogens with zero attached hydrogens (tertiary/aromatic N) is 2. The van der Waals surface area contributed by atoms with Gasteiger partial charge in [0.15, 0.2) is 11.5 Å². The number of carbonyl (C=O) groups excluding carboxylic acids is 2.